The zero-order valence-corrected chi connectivity index (χ0v) is 16.2. The van der Waals surface area contributed by atoms with Gasteiger partial charge in [0.15, 0.2) is 0 Å². The molecule has 5 aromatic rings. The summed E-state index contributed by atoms with van der Waals surface area (Å²) >= 11 is 1.54. The van der Waals surface area contributed by atoms with Crippen LogP contribution in [-0.4, -0.2) is 25.9 Å². The Morgan fingerprint density at radius 1 is 0.931 bits per heavy atom. The van der Waals surface area contributed by atoms with Crippen molar-refractivity contribution in [2.75, 3.05) is 0 Å². The number of para-hydroxylation sites is 2. The van der Waals surface area contributed by atoms with Crippen LogP contribution in [0, 0.1) is 0 Å². The number of thiazole rings is 1. The van der Waals surface area contributed by atoms with E-state index in [-0.39, 0.29) is 12.6 Å². The second-order valence-electron chi connectivity index (χ2n) is 6.58. The number of hydrogen-bond acceptors (Lipinski definition) is 6. The highest BCUT2D eigenvalue weighted by Gasteiger charge is 2.11. The molecule has 0 amide bonds. The maximum Gasteiger partial charge on any atom is 0.338 e. The van der Waals surface area contributed by atoms with E-state index in [0.29, 0.717) is 12.1 Å². The molecule has 7 heteroatoms. The molecule has 0 aliphatic carbocycles. The Morgan fingerprint density at radius 2 is 1.69 bits per heavy atom. The van der Waals surface area contributed by atoms with E-state index in [1.165, 1.54) is 11.3 Å². The van der Waals surface area contributed by atoms with Gasteiger partial charge in [0.05, 0.1) is 27.8 Å². The van der Waals surface area contributed by atoms with Crippen LogP contribution in [0.2, 0.25) is 0 Å². The van der Waals surface area contributed by atoms with Crippen LogP contribution in [0.4, 0.5) is 0 Å². The van der Waals surface area contributed by atoms with Gasteiger partial charge in [-0.1, -0.05) is 41.6 Å². The molecule has 2 heterocycles. The normalized spacial score (nSPS) is 11.2. The Morgan fingerprint density at radius 3 is 2.52 bits per heavy atom. The van der Waals surface area contributed by atoms with E-state index in [1.807, 2.05) is 65.3 Å². The molecule has 0 atom stereocenters. The molecule has 0 N–H and O–H groups in total. The van der Waals surface area contributed by atoms with Gasteiger partial charge in [-0.3, -0.25) is 0 Å². The molecule has 3 aromatic carbocycles. The van der Waals surface area contributed by atoms with E-state index < -0.39 is 0 Å². The van der Waals surface area contributed by atoms with Crippen LogP contribution in [0.5, 0.6) is 0 Å². The molecule has 0 aliphatic rings. The fourth-order valence-corrected chi connectivity index (χ4v) is 4.03. The van der Waals surface area contributed by atoms with Crippen LogP contribution < -0.4 is 0 Å². The fourth-order valence-electron chi connectivity index (χ4n) is 3.15. The summed E-state index contributed by atoms with van der Waals surface area (Å²) < 4.78 is 8.36. The summed E-state index contributed by atoms with van der Waals surface area (Å²) in [7, 11) is 0. The van der Waals surface area contributed by atoms with Crippen molar-refractivity contribution in [3.8, 4) is 0 Å². The van der Waals surface area contributed by atoms with E-state index in [0.717, 1.165) is 31.8 Å². The van der Waals surface area contributed by atoms with Crippen molar-refractivity contribution in [2.45, 2.75) is 13.2 Å². The van der Waals surface area contributed by atoms with Crippen molar-refractivity contribution in [3.63, 3.8) is 0 Å². The van der Waals surface area contributed by atoms with Gasteiger partial charge in [-0.05, 0) is 42.0 Å². The van der Waals surface area contributed by atoms with Gasteiger partial charge in [0.25, 0.3) is 0 Å². The second-order valence-corrected chi connectivity index (χ2v) is 7.70. The Labute approximate surface area is 170 Å². The van der Waals surface area contributed by atoms with E-state index in [2.05, 4.69) is 15.3 Å². The van der Waals surface area contributed by atoms with Gasteiger partial charge in [-0.25, -0.2) is 14.5 Å². The molecular formula is C22H16N4O2S. The van der Waals surface area contributed by atoms with Crippen LogP contribution >= 0.6 is 11.3 Å². The summed E-state index contributed by atoms with van der Waals surface area (Å²) in [5.41, 5.74) is 4.31. The highest BCUT2D eigenvalue weighted by Crippen LogP contribution is 2.22. The smallest absolute Gasteiger partial charge is 0.338 e. The number of fused-ring (bicyclic) bond motifs is 2. The average Bonchev–Trinajstić information content (AvgIpc) is 3.36. The molecule has 0 aliphatic heterocycles. The topological polar surface area (TPSA) is 69.9 Å². The summed E-state index contributed by atoms with van der Waals surface area (Å²) in [4.78, 5) is 16.8. The van der Waals surface area contributed by atoms with Crippen molar-refractivity contribution < 1.29 is 9.53 Å². The third-order valence-electron chi connectivity index (χ3n) is 4.61. The molecule has 29 heavy (non-hydrogen) atoms. The first kappa shape index (κ1) is 17.5. The van der Waals surface area contributed by atoms with Gasteiger partial charge in [0.1, 0.15) is 17.1 Å². The van der Waals surface area contributed by atoms with Gasteiger partial charge in [-0.15, -0.1) is 16.4 Å². The van der Waals surface area contributed by atoms with E-state index in [1.54, 1.807) is 12.1 Å². The predicted octanol–water partition coefficient (Wildman–Crippen LogP) is 4.45. The SMILES string of the molecule is O=C(OCc1nc2ccccc2s1)c1ccc(Cn2nnc3ccccc32)cc1. The Hall–Kier alpha value is -3.58. The van der Waals surface area contributed by atoms with E-state index in [9.17, 15) is 4.79 Å². The first-order valence-electron chi connectivity index (χ1n) is 9.15. The second kappa shape index (κ2) is 7.44. The minimum absolute atomic E-state index is 0.172. The maximum atomic E-state index is 12.4. The minimum Gasteiger partial charge on any atom is -0.455 e. The third-order valence-corrected chi connectivity index (χ3v) is 5.62. The lowest BCUT2D eigenvalue weighted by molar-refractivity contribution is 0.0472. The fraction of sp³-hybridized carbons (Fsp3) is 0.0909. The standard InChI is InChI=1S/C22H16N4O2S/c27-22(28-14-21-23-18-6-2-4-8-20(18)29-21)16-11-9-15(10-12-16)13-26-19-7-3-1-5-17(19)24-25-26/h1-12H,13-14H2. The van der Waals surface area contributed by atoms with Gasteiger partial charge in [0.2, 0.25) is 0 Å². The summed E-state index contributed by atoms with van der Waals surface area (Å²) in [5.74, 6) is -0.359. The van der Waals surface area contributed by atoms with Gasteiger partial charge < -0.3 is 4.74 Å². The predicted molar refractivity (Wildman–Crippen MR) is 112 cm³/mol. The average molecular weight is 400 g/mol. The zero-order chi connectivity index (χ0) is 19.6. The summed E-state index contributed by atoms with van der Waals surface area (Å²) in [6.07, 6.45) is 0. The van der Waals surface area contributed by atoms with Crippen LogP contribution in [0.15, 0.2) is 72.8 Å². The summed E-state index contributed by atoms with van der Waals surface area (Å²) in [6, 6.07) is 23.1. The number of benzene rings is 3. The Bertz CT molecular complexity index is 1270. The van der Waals surface area contributed by atoms with Crippen LogP contribution in [0.1, 0.15) is 20.9 Å². The molecule has 2 aromatic heterocycles. The number of nitrogens with zero attached hydrogens (tertiary/aromatic N) is 4. The molecule has 0 fully saturated rings. The van der Waals surface area contributed by atoms with E-state index >= 15 is 0 Å². The van der Waals surface area contributed by atoms with Crippen LogP contribution in [0.25, 0.3) is 21.3 Å². The molecule has 5 rings (SSSR count). The minimum atomic E-state index is -0.359. The zero-order valence-electron chi connectivity index (χ0n) is 15.4. The monoisotopic (exact) mass is 400 g/mol. The molecule has 6 nitrogen and oxygen atoms in total. The summed E-state index contributed by atoms with van der Waals surface area (Å²) in [6.45, 7) is 0.756. The summed E-state index contributed by atoms with van der Waals surface area (Å²) in [5, 5.41) is 9.15. The van der Waals surface area contributed by atoms with Crippen molar-refractivity contribution in [1.29, 1.82) is 0 Å². The van der Waals surface area contributed by atoms with Crippen molar-refractivity contribution >= 4 is 38.6 Å². The number of carbonyl (C=O) groups is 1. The van der Waals surface area contributed by atoms with Crippen molar-refractivity contribution in [3.05, 3.63) is 88.9 Å². The molecule has 0 unspecified atom stereocenters. The molecule has 0 saturated carbocycles. The molecule has 0 saturated heterocycles. The first-order valence-corrected chi connectivity index (χ1v) is 9.97. The first-order chi connectivity index (χ1) is 14.3. The quantitative estimate of drug-likeness (QED) is 0.408. The van der Waals surface area contributed by atoms with Crippen LogP contribution in [-0.2, 0) is 17.9 Å². The lowest BCUT2D eigenvalue weighted by Gasteiger charge is -2.05. The highest BCUT2D eigenvalue weighted by molar-refractivity contribution is 7.18. The largest absolute Gasteiger partial charge is 0.455 e. The number of ether oxygens (including phenoxy) is 1. The molecule has 142 valence electrons. The number of esters is 1. The molecule has 0 bridgehead atoms. The lowest BCUT2D eigenvalue weighted by atomic mass is 10.1. The number of carbonyl (C=O) groups excluding carboxylic acids is 1. The number of rotatable bonds is 5. The maximum absolute atomic E-state index is 12.4. The molecule has 0 spiro atoms. The van der Waals surface area contributed by atoms with Crippen molar-refractivity contribution in [1.82, 2.24) is 20.0 Å². The van der Waals surface area contributed by atoms with Crippen molar-refractivity contribution in [2.24, 2.45) is 0 Å². The third kappa shape index (κ3) is 3.60. The van der Waals surface area contributed by atoms with Gasteiger partial charge in [-0.2, -0.15) is 0 Å². The molecular weight excluding hydrogens is 384 g/mol. The lowest BCUT2D eigenvalue weighted by Crippen LogP contribution is -2.06. The number of aromatic nitrogens is 4. The number of hydrogen-bond donors (Lipinski definition) is 0. The van der Waals surface area contributed by atoms with E-state index in [4.69, 9.17) is 4.74 Å². The highest BCUT2D eigenvalue weighted by atomic mass is 32.1. The Balaban J connectivity index is 1.25. The molecule has 0 radical (unpaired) electrons. The van der Waals surface area contributed by atoms with Gasteiger partial charge >= 0.3 is 5.97 Å². The van der Waals surface area contributed by atoms with Gasteiger partial charge in [0, 0.05) is 0 Å². The van der Waals surface area contributed by atoms with Crippen LogP contribution in [0.3, 0.4) is 0 Å². The Kier molecular flexibility index (Phi) is 4.50.